The van der Waals surface area contributed by atoms with Gasteiger partial charge < -0.3 is 10.1 Å². The maximum Gasteiger partial charge on any atom is 0.329 e. The molecule has 0 aromatic heterocycles. The van der Waals surface area contributed by atoms with Crippen molar-refractivity contribution in [3.63, 3.8) is 0 Å². The number of amides is 1. The van der Waals surface area contributed by atoms with E-state index in [9.17, 15) is 9.59 Å². The van der Waals surface area contributed by atoms with E-state index in [0.29, 0.717) is 12.8 Å². The van der Waals surface area contributed by atoms with Crippen molar-refractivity contribution in [3.05, 3.63) is 108 Å². The van der Waals surface area contributed by atoms with Gasteiger partial charge in [-0.25, -0.2) is 4.79 Å². The highest BCUT2D eigenvalue weighted by atomic mass is 79.9. The number of ether oxygens (including phenoxy) is 1. The molecule has 0 fully saturated rings. The Bertz CT molecular complexity index is 940. The summed E-state index contributed by atoms with van der Waals surface area (Å²) in [7, 11) is 0. The van der Waals surface area contributed by atoms with Crippen molar-refractivity contribution in [2.75, 3.05) is 5.33 Å². The molecule has 1 amide bonds. The first kappa shape index (κ1) is 24.7. The van der Waals surface area contributed by atoms with Crippen LogP contribution in [-0.2, 0) is 20.7 Å². The number of carbonyl (C=O) groups is 2. The molecule has 33 heavy (non-hydrogen) atoms. The molecule has 172 valence electrons. The minimum Gasteiger partial charge on any atom is -0.451 e. The molecule has 0 heterocycles. The highest BCUT2D eigenvalue weighted by Gasteiger charge is 2.27. The fourth-order valence-electron chi connectivity index (χ4n) is 3.65. The van der Waals surface area contributed by atoms with Crippen molar-refractivity contribution in [1.29, 1.82) is 0 Å². The van der Waals surface area contributed by atoms with E-state index >= 15 is 0 Å². The number of rotatable bonds is 12. The molecular formula is C28H30BrNO3. The Balaban J connectivity index is 1.77. The Hall–Kier alpha value is -2.92. The second-order valence-electron chi connectivity index (χ2n) is 7.95. The molecule has 0 bridgehead atoms. The van der Waals surface area contributed by atoms with Crippen LogP contribution in [-0.4, -0.2) is 23.2 Å². The molecule has 0 unspecified atom stereocenters. The van der Waals surface area contributed by atoms with Crippen molar-refractivity contribution in [2.45, 2.75) is 44.2 Å². The zero-order valence-electron chi connectivity index (χ0n) is 18.7. The van der Waals surface area contributed by atoms with Gasteiger partial charge in [-0.05, 0) is 29.5 Å². The molecule has 5 heteroatoms. The quantitative estimate of drug-likeness (QED) is 0.185. The van der Waals surface area contributed by atoms with Gasteiger partial charge in [-0.3, -0.25) is 4.79 Å². The van der Waals surface area contributed by atoms with Crippen LogP contribution in [0.15, 0.2) is 91.0 Å². The predicted molar refractivity (Wildman–Crippen MR) is 135 cm³/mol. The number of carbonyl (C=O) groups excluding carboxylic acids is 2. The van der Waals surface area contributed by atoms with Crippen LogP contribution in [0.4, 0.5) is 0 Å². The van der Waals surface area contributed by atoms with Gasteiger partial charge in [0.25, 0.3) is 0 Å². The maximum absolute atomic E-state index is 13.4. The molecule has 3 aromatic rings. The van der Waals surface area contributed by atoms with Crippen LogP contribution in [0.3, 0.4) is 0 Å². The Morgan fingerprint density at radius 3 is 1.85 bits per heavy atom. The molecule has 0 aliphatic heterocycles. The van der Waals surface area contributed by atoms with Crippen molar-refractivity contribution in [2.24, 2.45) is 0 Å². The standard InChI is InChI=1S/C28H30BrNO3/c29-20-12-4-11-19-26(31)30-25(21-22-13-5-1-6-14-22)28(32)33-27(23-15-7-2-8-16-23)24-17-9-3-10-18-24/h1-3,5-10,13-18,25,27H,4,11-12,19-21H2,(H,30,31)/t25-/m0/s1. The van der Waals surface area contributed by atoms with Crippen LogP contribution in [0.5, 0.6) is 0 Å². The Morgan fingerprint density at radius 1 is 0.758 bits per heavy atom. The van der Waals surface area contributed by atoms with Gasteiger partial charge in [0.05, 0.1) is 0 Å². The molecule has 3 aromatic carbocycles. The Labute approximate surface area is 204 Å². The third-order valence-electron chi connectivity index (χ3n) is 5.38. The summed E-state index contributed by atoms with van der Waals surface area (Å²) >= 11 is 3.41. The first-order valence-corrected chi connectivity index (χ1v) is 12.5. The summed E-state index contributed by atoms with van der Waals surface area (Å²) in [5, 5.41) is 3.85. The molecule has 0 saturated heterocycles. The molecule has 1 N–H and O–H groups in total. The molecule has 0 aliphatic rings. The van der Waals surface area contributed by atoms with Gasteiger partial charge in [-0.2, -0.15) is 0 Å². The number of hydrogen-bond donors (Lipinski definition) is 1. The van der Waals surface area contributed by atoms with E-state index in [4.69, 9.17) is 4.74 Å². The van der Waals surface area contributed by atoms with Gasteiger partial charge in [-0.1, -0.05) is 113 Å². The summed E-state index contributed by atoms with van der Waals surface area (Å²) in [4.78, 5) is 26.0. The lowest BCUT2D eigenvalue weighted by atomic mass is 10.0. The SMILES string of the molecule is O=C(CCCCCBr)N[C@@H](Cc1ccccc1)C(=O)OC(c1ccccc1)c1ccccc1. The van der Waals surface area contributed by atoms with Gasteiger partial charge in [0.15, 0.2) is 6.10 Å². The van der Waals surface area contributed by atoms with Crippen LogP contribution >= 0.6 is 15.9 Å². The van der Waals surface area contributed by atoms with Gasteiger partial charge >= 0.3 is 5.97 Å². The van der Waals surface area contributed by atoms with E-state index in [1.54, 1.807) is 0 Å². The fraction of sp³-hybridized carbons (Fsp3) is 0.286. The molecule has 4 nitrogen and oxygen atoms in total. The third-order valence-corrected chi connectivity index (χ3v) is 5.94. The minimum atomic E-state index is -0.758. The van der Waals surface area contributed by atoms with E-state index in [2.05, 4.69) is 21.2 Å². The lowest BCUT2D eigenvalue weighted by molar-refractivity contribution is -0.151. The van der Waals surface area contributed by atoms with Crippen molar-refractivity contribution in [3.8, 4) is 0 Å². The highest BCUT2D eigenvalue weighted by Crippen LogP contribution is 2.26. The van der Waals surface area contributed by atoms with Crippen LogP contribution in [0.1, 0.15) is 48.5 Å². The van der Waals surface area contributed by atoms with Crippen molar-refractivity contribution >= 4 is 27.8 Å². The molecule has 0 radical (unpaired) electrons. The van der Waals surface area contributed by atoms with Crippen LogP contribution < -0.4 is 5.32 Å². The zero-order chi connectivity index (χ0) is 23.3. The van der Waals surface area contributed by atoms with Gasteiger partial charge in [0.1, 0.15) is 6.04 Å². The van der Waals surface area contributed by atoms with Crippen molar-refractivity contribution < 1.29 is 14.3 Å². The topological polar surface area (TPSA) is 55.4 Å². The summed E-state index contributed by atoms with van der Waals surface area (Å²) in [5.41, 5.74) is 2.74. The van der Waals surface area contributed by atoms with Gasteiger partial charge in [-0.15, -0.1) is 0 Å². The lowest BCUT2D eigenvalue weighted by Gasteiger charge is -2.23. The van der Waals surface area contributed by atoms with E-state index in [1.807, 2.05) is 91.0 Å². The van der Waals surface area contributed by atoms with Crippen molar-refractivity contribution in [1.82, 2.24) is 5.32 Å². The smallest absolute Gasteiger partial charge is 0.329 e. The van der Waals surface area contributed by atoms with Crippen LogP contribution in [0, 0.1) is 0 Å². The minimum absolute atomic E-state index is 0.126. The van der Waals surface area contributed by atoms with E-state index in [-0.39, 0.29) is 5.91 Å². The number of esters is 1. The molecule has 0 spiro atoms. The average Bonchev–Trinajstić information content (AvgIpc) is 2.86. The Morgan fingerprint density at radius 2 is 1.30 bits per heavy atom. The number of alkyl halides is 1. The summed E-state index contributed by atoms with van der Waals surface area (Å²) in [5.74, 6) is -0.566. The fourth-order valence-corrected chi connectivity index (χ4v) is 4.05. The van der Waals surface area contributed by atoms with Crippen LogP contribution in [0.25, 0.3) is 0 Å². The average molecular weight is 508 g/mol. The van der Waals surface area contributed by atoms with Crippen LogP contribution in [0.2, 0.25) is 0 Å². The summed E-state index contributed by atoms with van der Waals surface area (Å²) in [6, 6.07) is 28.3. The summed E-state index contributed by atoms with van der Waals surface area (Å²) < 4.78 is 6.04. The largest absolute Gasteiger partial charge is 0.451 e. The number of nitrogens with one attached hydrogen (secondary N) is 1. The molecular weight excluding hydrogens is 478 g/mol. The molecule has 0 saturated carbocycles. The van der Waals surface area contributed by atoms with E-state index in [1.165, 1.54) is 0 Å². The van der Waals surface area contributed by atoms with Gasteiger partial charge in [0.2, 0.25) is 5.91 Å². The predicted octanol–water partition coefficient (Wildman–Crippen LogP) is 6.00. The maximum atomic E-state index is 13.4. The lowest BCUT2D eigenvalue weighted by Crippen LogP contribution is -2.43. The van der Waals surface area contributed by atoms with E-state index < -0.39 is 18.1 Å². The molecule has 3 rings (SSSR count). The second kappa shape index (κ2) is 13.6. The number of halogens is 1. The number of hydrogen-bond acceptors (Lipinski definition) is 3. The zero-order valence-corrected chi connectivity index (χ0v) is 20.2. The van der Waals surface area contributed by atoms with Gasteiger partial charge in [0, 0.05) is 18.2 Å². The monoisotopic (exact) mass is 507 g/mol. The normalized spacial score (nSPS) is 11.7. The number of benzene rings is 3. The first-order chi connectivity index (χ1) is 16.2. The number of unbranched alkanes of at least 4 members (excludes halogenated alkanes) is 2. The second-order valence-corrected chi connectivity index (χ2v) is 8.74. The molecule has 0 aliphatic carbocycles. The molecule has 1 atom stereocenters. The highest BCUT2D eigenvalue weighted by molar-refractivity contribution is 9.09. The Kier molecular flexibility index (Phi) is 10.2. The van der Waals surface area contributed by atoms with E-state index in [0.717, 1.165) is 41.3 Å². The summed E-state index contributed by atoms with van der Waals surface area (Å²) in [6.07, 6.45) is 3.01. The third kappa shape index (κ3) is 8.17. The summed E-state index contributed by atoms with van der Waals surface area (Å²) in [6.45, 7) is 0. The first-order valence-electron chi connectivity index (χ1n) is 11.4.